The van der Waals surface area contributed by atoms with Gasteiger partial charge in [-0.05, 0) is 12.1 Å². The first-order valence-corrected chi connectivity index (χ1v) is 13.1. The number of carbonyl (C=O) groups is 4. The summed E-state index contributed by atoms with van der Waals surface area (Å²) in [6, 6.07) is 6.07. The highest BCUT2D eigenvalue weighted by Crippen LogP contribution is 2.34. The molecule has 0 aliphatic carbocycles. The lowest BCUT2D eigenvalue weighted by molar-refractivity contribution is -0.238. The molecule has 1 saturated heterocycles. The Bertz CT molecular complexity index is 1390. The van der Waals surface area contributed by atoms with E-state index in [4.69, 9.17) is 23.7 Å². The Labute approximate surface area is 214 Å². The molecule has 13 nitrogen and oxygen atoms in total. The van der Waals surface area contributed by atoms with Crippen LogP contribution in [0, 0.1) is 0 Å². The van der Waals surface area contributed by atoms with Gasteiger partial charge in [0.1, 0.15) is 12.7 Å². The molecule has 200 valence electrons. The van der Waals surface area contributed by atoms with E-state index in [1.807, 2.05) is 0 Å². The molecule has 0 amide bonds. The number of ether oxygens (including phenoxy) is 5. The molecular formula is C22H23NO12S2. The second-order valence-electron chi connectivity index (χ2n) is 7.90. The Morgan fingerprint density at radius 1 is 0.892 bits per heavy atom. The molecular weight excluding hydrogens is 534 g/mol. The zero-order chi connectivity index (χ0) is 27.5. The molecule has 1 aromatic heterocycles. The first-order chi connectivity index (χ1) is 17.3. The maximum absolute atomic E-state index is 13.8. The Hall–Kier alpha value is -3.43. The van der Waals surface area contributed by atoms with Gasteiger partial charge in [0.05, 0.1) is 10.9 Å². The highest BCUT2D eigenvalue weighted by atomic mass is 32.2. The van der Waals surface area contributed by atoms with Gasteiger partial charge in [-0.3, -0.25) is 24.0 Å². The monoisotopic (exact) mass is 557 g/mol. The molecule has 0 radical (unpaired) electrons. The van der Waals surface area contributed by atoms with E-state index in [9.17, 15) is 32.4 Å². The first-order valence-electron chi connectivity index (χ1n) is 10.8. The van der Waals surface area contributed by atoms with Crippen molar-refractivity contribution in [2.45, 2.75) is 61.9 Å². The van der Waals surface area contributed by atoms with Crippen LogP contribution in [0.5, 0.6) is 0 Å². The number of esters is 4. The molecule has 37 heavy (non-hydrogen) atoms. The van der Waals surface area contributed by atoms with Gasteiger partial charge in [0, 0.05) is 27.7 Å². The second-order valence-corrected chi connectivity index (χ2v) is 11.1. The smallest absolute Gasteiger partial charge is 0.303 e. The summed E-state index contributed by atoms with van der Waals surface area (Å²) in [6.45, 7) is 3.50. The Morgan fingerprint density at radius 3 is 2.05 bits per heavy atom. The van der Waals surface area contributed by atoms with Crippen molar-refractivity contribution < 1.29 is 51.3 Å². The van der Waals surface area contributed by atoms with Gasteiger partial charge in [-0.2, -0.15) is 0 Å². The molecule has 0 bridgehead atoms. The fourth-order valence-electron chi connectivity index (χ4n) is 3.66. The second kappa shape index (κ2) is 11.3. The van der Waals surface area contributed by atoms with Crippen molar-refractivity contribution in [3.63, 3.8) is 0 Å². The molecule has 2 heterocycles. The quantitative estimate of drug-likeness (QED) is 0.340. The minimum Gasteiger partial charge on any atom is -0.463 e. The zero-order valence-corrected chi connectivity index (χ0v) is 21.7. The third kappa shape index (κ3) is 6.47. The molecule has 1 aromatic carbocycles. The van der Waals surface area contributed by atoms with E-state index in [2.05, 4.69) is 4.98 Å². The molecule has 0 saturated carbocycles. The van der Waals surface area contributed by atoms with E-state index < -0.39 is 79.3 Å². The van der Waals surface area contributed by atoms with Gasteiger partial charge >= 0.3 is 23.9 Å². The lowest BCUT2D eigenvalue weighted by Crippen LogP contribution is -2.64. The average Bonchev–Trinajstić information content (AvgIpc) is 2.79. The summed E-state index contributed by atoms with van der Waals surface area (Å²) in [5, 5.41) is 0.188. The number of aromatic nitrogens is 1. The van der Waals surface area contributed by atoms with Crippen molar-refractivity contribution in [3.8, 4) is 0 Å². The van der Waals surface area contributed by atoms with Crippen molar-refractivity contribution in [3.05, 3.63) is 33.8 Å². The molecule has 15 heteroatoms. The molecule has 1 fully saturated rings. The standard InChI is InChI=1S/C22H23NO12S2/c1-10(24)31-9-16-17(32-11(2)25)18(33-12(3)26)19(34-13(4)27)21(35-16)37(29,30)22-23-15-8-6-5-7-14(15)20(28)36-22/h5-8,16-19,21H,9H2,1-4H3/t16-,17+,18+,19+,21+/m0/s1. The van der Waals surface area contributed by atoms with Crippen LogP contribution in [0.25, 0.3) is 10.9 Å². The summed E-state index contributed by atoms with van der Waals surface area (Å²) in [5.74, 6) is -3.51. The van der Waals surface area contributed by atoms with E-state index in [0.717, 1.165) is 27.7 Å². The van der Waals surface area contributed by atoms with Crippen LogP contribution in [0.2, 0.25) is 0 Å². The lowest BCUT2D eigenvalue weighted by atomic mass is 9.99. The third-order valence-electron chi connectivity index (χ3n) is 5.01. The van der Waals surface area contributed by atoms with E-state index in [1.165, 1.54) is 12.1 Å². The van der Waals surface area contributed by atoms with Crippen molar-refractivity contribution in [1.82, 2.24) is 4.98 Å². The molecule has 1 aliphatic heterocycles. The van der Waals surface area contributed by atoms with Crippen LogP contribution in [0.15, 0.2) is 33.4 Å². The van der Waals surface area contributed by atoms with Crippen molar-refractivity contribution in [2.75, 3.05) is 6.61 Å². The number of fused-ring (bicyclic) bond motifs is 1. The summed E-state index contributed by atoms with van der Waals surface area (Å²) in [5.41, 5.74) is -1.99. The highest BCUT2D eigenvalue weighted by molar-refractivity contribution is 7.93. The summed E-state index contributed by atoms with van der Waals surface area (Å²) >= 11 is 0.321. The Balaban J connectivity index is 2.18. The molecule has 5 atom stereocenters. The van der Waals surface area contributed by atoms with Gasteiger partial charge in [-0.15, -0.1) is 0 Å². The number of nitrogens with zero attached hydrogens (tertiary/aromatic N) is 1. The summed E-state index contributed by atoms with van der Waals surface area (Å²) in [7, 11) is -4.73. The normalized spacial score (nSPS) is 23.6. The van der Waals surface area contributed by atoms with Crippen LogP contribution in [-0.2, 0) is 52.7 Å². The molecule has 3 rings (SSSR count). The van der Waals surface area contributed by atoms with Crippen LogP contribution >= 0.6 is 11.3 Å². The van der Waals surface area contributed by atoms with Gasteiger partial charge in [0.2, 0.25) is 24.4 Å². The number of carbonyl (C=O) groups excluding carboxylic acids is 4. The lowest BCUT2D eigenvalue weighted by Gasteiger charge is -2.43. The van der Waals surface area contributed by atoms with E-state index in [1.54, 1.807) is 12.1 Å². The Kier molecular flexibility index (Phi) is 8.60. The van der Waals surface area contributed by atoms with Crippen LogP contribution in [-0.4, -0.2) is 73.7 Å². The molecule has 2 aromatic rings. The van der Waals surface area contributed by atoms with E-state index in [0.29, 0.717) is 11.3 Å². The van der Waals surface area contributed by atoms with Crippen LogP contribution < -0.4 is 4.74 Å². The summed E-state index contributed by atoms with van der Waals surface area (Å²) in [4.78, 5) is 63.9. The number of hydrogen-bond acceptors (Lipinski definition) is 14. The molecule has 0 N–H and O–H groups in total. The predicted molar refractivity (Wildman–Crippen MR) is 125 cm³/mol. The fraction of sp³-hybridized carbons (Fsp3) is 0.455. The van der Waals surface area contributed by atoms with Gasteiger partial charge < -0.3 is 23.7 Å². The van der Waals surface area contributed by atoms with Crippen LogP contribution in [0.1, 0.15) is 27.7 Å². The van der Waals surface area contributed by atoms with E-state index >= 15 is 0 Å². The summed E-state index contributed by atoms with van der Waals surface area (Å²) < 4.78 is 52.6. The highest BCUT2D eigenvalue weighted by Gasteiger charge is 2.57. The first kappa shape index (κ1) is 28.1. The Morgan fingerprint density at radius 2 is 1.46 bits per heavy atom. The van der Waals surface area contributed by atoms with E-state index in [-0.39, 0.29) is 10.9 Å². The number of sulfone groups is 1. The molecule has 0 unspecified atom stereocenters. The van der Waals surface area contributed by atoms with Gasteiger partial charge in [0.15, 0.2) is 18.3 Å². The largest absolute Gasteiger partial charge is 0.463 e. The number of rotatable bonds is 7. The van der Waals surface area contributed by atoms with Gasteiger partial charge in [-0.1, -0.05) is 23.5 Å². The number of benzene rings is 1. The number of para-hydroxylation sites is 1. The third-order valence-corrected chi connectivity index (χ3v) is 8.20. The summed E-state index contributed by atoms with van der Waals surface area (Å²) in [6.07, 6.45) is -6.53. The topological polar surface area (TPSA) is 179 Å². The average molecular weight is 558 g/mol. The van der Waals surface area contributed by atoms with Gasteiger partial charge in [0.25, 0.3) is 0 Å². The maximum atomic E-state index is 13.8. The van der Waals surface area contributed by atoms with Crippen molar-refractivity contribution in [2.24, 2.45) is 0 Å². The zero-order valence-electron chi connectivity index (χ0n) is 20.1. The minimum absolute atomic E-state index is 0.0930. The minimum atomic E-state index is -4.73. The predicted octanol–water partition coefficient (Wildman–Crippen LogP) is 0.513. The molecule has 1 aliphatic rings. The van der Waals surface area contributed by atoms with Crippen molar-refractivity contribution >= 4 is 56.0 Å². The van der Waals surface area contributed by atoms with Gasteiger partial charge in [-0.25, -0.2) is 13.4 Å². The maximum Gasteiger partial charge on any atom is 0.303 e. The van der Waals surface area contributed by atoms with Crippen molar-refractivity contribution in [1.29, 1.82) is 0 Å². The SMILES string of the molecule is CC(=O)OC[C@@H]1O[C@H](S(=O)(=O)c2nc3ccccc3c(=O)s2)[C@H](OC(C)=O)[C@H](OC(C)=O)[C@@H]1OC(C)=O. The van der Waals surface area contributed by atoms with Crippen LogP contribution in [0.4, 0.5) is 0 Å². The molecule has 0 spiro atoms. The number of hydrogen-bond donors (Lipinski definition) is 0. The fourth-order valence-corrected chi connectivity index (χ4v) is 6.50. The van der Waals surface area contributed by atoms with Crippen LogP contribution in [0.3, 0.4) is 0 Å².